The molecule has 188 valence electrons. The molecular weight excluding hydrogens is 488 g/mol. The number of hydrogen-bond donors (Lipinski definition) is 1. The number of para-hydroxylation sites is 3. The van der Waals surface area contributed by atoms with Gasteiger partial charge in [0.25, 0.3) is 0 Å². The van der Waals surface area contributed by atoms with E-state index in [0.717, 1.165) is 17.7 Å². The molecule has 0 saturated heterocycles. The molecule has 0 aromatic heterocycles. The zero-order valence-corrected chi connectivity index (χ0v) is 20.6. The van der Waals surface area contributed by atoms with Gasteiger partial charge in [-0.25, -0.2) is 18.0 Å². The smallest absolute Gasteiger partial charge is 0.339 e. The second-order valence-corrected chi connectivity index (χ2v) is 9.35. The highest BCUT2D eigenvalue weighted by Gasteiger charge is 2.25. The Labute approximate surface area is 208 Å². The summed E-state index contributed by atoms with van der Waals surface area (Å²) in [5.74, 6) is -1.54. The average Bonchev–Trinajstić information content (AvgIpc) is 2.86. The number of nitrogens with zero attached hydrogens (tertiary/aromatic N) is 1. The van der Waals surface area contributed by atoms with Crippen LogP contribution in [0.5, 0.6) is 11.5 Å². The molecule has 1 N–H and O–H groups in total. The summed E-state index contributed by atoms with van der Waals surface area (Å²) in [5, 5.41) is 2.49. The minimum atomic E-state index is -3.95. The van der Waals surface area contributed by atoms with Gasteiger partial charge in [0, 0.05) is 0 Å². The molecule has 0 bridgehead atoms. The van der Waals surface area contributed by atoms with Crippen LogP contribution in [0.15, 0.2) is 72.8 Å². The van der Waals surface area contributed by atoms with Gasteiger partial charge >= 0.3 is 11.9 Å². The summed E-state index contributed by atoms with van der Waals surface area (Å²) in [6, 6.07) is 19.0. The van der Waals surface area contributed by atoms with Crippen molar-refractivity contribution in [2.75, 3.05) is 36.6 Å². The number of ether oxygens (including phenoxy) is 3. The molecule has 0 atom stereocenters. The summed E-state index contributed by atoms with van der Waals surface area (Å²) >= 11 is 0. The van der Waals surface area contributed by atoms with E-state index in [-0.39, 0.29) is 28.3 Å². The number of anilines is 2. The van der Waals surface area contributed by atoms with Crippen LogP contribution in [0, 0.1) is 0 Å². The van der Waals surface area contributed by atoms with Gasteiger partial charge in [-0.05, 0) is 42.5 Å². The number of hydrogen-bond acceptors (Lipinski definition) is 8. The fourth-order valence-electron chi connectivity index (χ4n) is 3.25. The number of sulfonamides is 1. The van der Waals surface area contributed by atoms with Crippen molar-refractivity contribution in [2.24, 2.45) is 0 Å². The van der Waals surface area contributed by atoms with E-state index in [1.807, 2.05) is 6.07 Å². The summed E-state index contributed by atoms with van der Waals surface area (Å²) in [6.07, 6.45) is 0.956. The number of nitrogens with one attached hydrogen (secondary N) is 1. The largest absolute Gasteiger partial charge is 0.465 e. The number of amides is 1. The number of esters is 2. The van der Waals surface area contributed by atoms with Crippen LogP contribution in [-0.2, 0) is 24.3 Å². The first-order valence-electron chi connectivity index (χ1n) is 10.5. The summed E-state index contributed by atoms with van der Waals surface area (Å²) in [6.45, 7) is -0.642. The van der Waals surface area contributed by atoms with E-state index in [4.69, 9.17) is 9.47 Å². The number of methoxy groups -OCH3 is 2. The van der Waals surface area contributed by atoms with Crippen LogP contribution in [0.25, 0.3) is 0 Å². The van der Waals surface area contributed by atoms with Gasteiger partial charge < -0.3 is 19.5 Å². The molecule has 0 fully saturated rings. The zero-order chi connectivity index (χ0) is 26.3. The molecular formula is C25H24N2O8S. The predicted molar refractivity (Wildman–Crippen MR) is 133 cm³/mol. The van der Waals surface area contributed by atoms with Gasteiger partial charge in [-0.2, -0.15) is 0 Å². The average molecular weight is 513 g/mol. The predicted octanol–water partition coefficient (Wildman–Crippen LogP) is 3.46. The third-order valence-corrected chi connectivity index (χ3v) is 6.04. The molecule has 0 aliphatic carbocycles. The second-order valence-electron chi connectivity index (χ2n) is 7.44. The Morgan fingerprint density at radius 3 is 2.14 bits per heavy atom. The van der Waals surface area contributed by atoms with Crippen LogP contribution in [0.4, 0.5) is 11.4 Å². The second kappa shape index (κ2) is 11.4. The summed E-state index contributed by atoms with van der Waals surface area (Å²) < 4.78 is 41.5. The van der Waals surface area contributed by atoms with E-state index >= 15 is 0 Å². The highest BCUT2D eigenvalue weighted by molar-refractivity contribution is 7.92. The first-order chi connectivity index (χ1) is 17.1. The normalized spacial score (nSPS) is 10.8. The van der Waals surface area contributed by atoms with Gasteiger partial charge in [-0.15, -0.1) is 0 Å². The van der Waals surface area contributed by atoms with Crippen LogP contribution in [-0.4, -0.2) is 53.3 Å². The Morgan fingerprint density at radius 2 is 1.50 bits per heavy atom. The van der Waals surface area contributed by atoms with Gasteiger partial charge in [0.15, 0.2) is 5.75 Å². The monoisotopic (exact) mass is 512 g/mol. The molecule has 1 amide bonds. The highest BCUT2D eigenvalue weighted by atomic mass is 32.2. The van der Waals surface area contributed by atoms with Crippen LogP contribution >= 0.6 is 0 Å². The third kappa shape index (κ3) is 6.39. The minimum Gasteiger partial charge on any atom is -0.465 e. The summed E-state index contributed by atoms with van der Waals surface area (Å²) in [5.41, 5.74) is 0.131. The van der Waals surface area contributed by atoms with Crippen molar-refractivity contribution in [2.45, 2.75) is 0 Å². The van der Waals surface area contributed by atoms with E-state index in [2.05, 4.69) is 10.1 Å². The lowest BCUT2D eigenvalue weighted by Crippen LogP contribution is -2.37. The Hall–Kier alpha value is -4.38. The Bertz CT molecular complexity index is 1370. The molecule has 3 aromatic rings. The minimum absolute atomic E-state index is 0.0304. The molecule has 3 aromatic carbocycles. The Morgan fingerprint density at radius 1 is 0.861 bits per heavy atom. The molecule has 0 aliphatic rings. The molecule has 11 heteroatoms. The van der Waals surface area contributed by atoms with Crippen molar-refractivity contribution in [3.63, 3.8) is 0 Å². The highest BCUT2D eigenvalue weighted by Crippen LogP contribution is 2.33. The van der Waals surface area contributed by atoms with Gasteiger partial charge in [0.1, 0.15) is 12.3 Å². The van der Waals surface area contributed by atoms with Crippen molar-refractivity contribution < 1.29 is 37.0 Å². The maximum absolute atomic E-state index is 13.0. The van der Waals surface area contributed by atoms with Crippen molar-refractivity contribution in [3.05, 3.63) is 83.9 Å². The van der Waals surface area contributed by atoms with Crippen molar-refractivity contribution in [3.8, 4) is 11.5 Å². The van der Waals surface area contributed by atoms with Crippen molar-refractivity contribution >= 4 is 39.2 Å². The number of benzene rings is 3. The van der Waals surface area contributed by atoms with Crippen molar-refractivity contribution in [1.82, 2.24) is 0 Å². The molecule has 0 heterocycles. The topological polar surface area (TPSA) is 128 Å². The maximum atomic E-state index is 13.0. The van der Waals surface area contributed by atoms with Crippen LogP contribution in [0.3, 0.4) is 0 Å². The van der Waals surface area contributed by atoms with Gasteiger partial charge in [-0.3, -0.25) is 9.10 Å². The fraction of sp³-hybridized carbons (Fsp3) is 0.160. The van der Waals surface area contributed by atoms with E-state index in [1.165, 1.54) is 31.4 Å². The molecule has 0 saturated carbocycles. The zero-order valence-electron chi connectivity index (χ0n) is 19.8. The number of carbonyl (C=O) groups is 3. The Balaban J connectivity index is 1.94. The SMILES string of the molecule is COC(=O)c1ccc(C(=O)OC)c(NC(=O)CN(c2ccccc2Oc2ccccc2)S(C)(=O)=O)c1. The fourth-order valence-corrected chi connectivity index (χ4v) is 4.11. The number of rotatable bonds is 9. The molecule has 0 unspecified atom stereocenters. The standard InChI is InChI=1S/C25H24N2O8S/c1-33-24(29)17-13-14-19(25(30)34-2)20(15-17)26-23(28)16-27(36(3,31)32)21-11-7-8-12-22(21)35-18-9-5-4-6-10-18/h4-15H,16H2,1-3H3,(H,26,28). The van der Waals surface area contributed by atoms with Crippen LogP contribution < -0.4 is 14.4 Å². The molecule has 10 nitrogen and oxygen atoms in total. The lowest BCUT2D eigenvalue weighted by atomic mass is 10.1. The van der Waals surface area contributed by atoms with Gasteiger partial charge in [0.2, 0.25) is 15.9 Å². The van der Waals surface area contributed by atoms with E-state index in [0.29, 0.717) is 5.75 Å². The van der Waals surface area contributed by atoms with Gasteiger partial charge in [0.05, 0.1) is 43.0 Å². The molecule has 0 aliphatic heterocycles. The first-order valence-corrected chi connectivity index (χ1v) is 12.4. The summed E-state index contributed by atoms with van der Waals surface area (Å²) in [4.78, 5) is 37.1. The van der Waals surface area contributed by atoms with E-state index in [1.54, 1.807) is 42.5 Å². The molecule has 3 rings (SSSR count). The third-order valence-electron chi connectivity index (χ3n) is 4.91. The van der Waals surface area contributed by atoms with E-state index in [9.17, 15) is 22.8 Å². The van der Waals surface area contributed by atoms with Crippen LogP contribution in [0.1, 0.15) is 20.7 Å². The molecule has 0 spiro atoms. The lowest BCUT2D eigenvalue weighted by molar-refractivity contribution is -0.114. The quantitative estimate of drug-likeness (QED) is 0.432. The van der Waals surface area contributed by atoms with E-state index < -0.39 is 34.4 Å². The maximum Gasteiger partial charge on any atom is 0.339 e. The van der Waals surface area contributed by atoms with Crippen molar-refractivity contribution in [1.29, 1.82) is 0 Å². The lowest BCUT2D eigenvalue weighted by Gasteiger charge is -2.24. The van der Waals surface area contributed by atoms with Gasteiger partial charge in [-0.1, -0.05) is 30.3 Å². The molecule has 0 radical (unpaired) electrons. The number of carbonyl (C=O) groups excluding carboxylic acids is 3. The van der Waals surface area contributed by atoms with Crippen LogP contribution in [0.2, 0.25) is 0 Å². The Kier molecular flexibility index (Phi) is 8.28. The summed E-state index contributed by atoms with van der Waals surface area (Å²) in [7, 11) is -1.60. The first kappa shape index (κ1) is 26.2. The molecule has 36 heavy (non-hydrogen) atoms.